The van der Waals surface area contributed by atoms with E-state index in [1.807, 2.05) is 30.3 Å². The number of aromatic amines is 1. The fourth-order valence-electron chi connectivity index (χ4n) is 4.08. The Morgan fingerprint density at radius 3 is 2.57 bits per heavy atom. The Bertz CT molecular complexity index is 1190. The first-order valence-electron chi connectivity index (χ1n) is 10.0. The molecule has 3 heterocycles. The van der Waals surface area contributed by atoms with Crippen LogP contribution in [-0.4, -0.2) is 44.8 Å². The summed E-state index contributed by atoms with van der Waals surface area (Å²) >= 11 is 0. The molecule has 2 N–H and O–H groups in total. The molecule has 2 aromatic heterocycles. The maximum Gasteiger partial charge on any atom is 0.332 e. The molecule has 1 aliphatic heterocycles. The lowest BCUT2D eigenvalue weighted by atomic mass is 9.73. The molecule has 9 heteroatoms. The number of nitrogens with zero attached hydrogens (tertiary/aromatic N) is 3. The van der Waals surface area contributed by atoms with Gasteiger partial charge in [-0.1, -0.05) is 30.3 Å². The quantitative estimate of drug-likeness (QED) is 0.630. The summed E-state index contributed by atoms with van der Waals surface area (Å²) in [7, 11) is 3.01. The Labute approximate surface area is 172 Å². The van der Waals surface area contributed by atoms with E-state index in [-0.39, 0.29) is 11.4 Å². The largest absolute Gasteiger partial charge is 0.381 e. The summed E-state index contributed by atoms with van der Waals surface area (Å²) in [6.07, 6.45) is 1.68. The number of nitrogens with one attached hydrogen (secondary N) is 2. The molecule has 0 atom stereocenters. The highest BCUT2D eigenvalue weighted by Gasteiger charge is 2.41. The van der Waals surface area contributed by atoms with Crippen molar-refractivity contribution in [3.8, 4) is 0 Å². The predicted octanol–water partition coefficient (Wildman–Crippen LogP) is 0.367. The van der Waals surface area contributed by atoms with Crippen LogP contribution in [0.25, 0.3) is 11.2 Å². The summed E-state index contributed by atoms with van der Waals surface area (Å²) in [4.78, 5) is 44.9. The zero-order valence-electron chi connectivity index (χ0n) is 17.1. The highest BCUT2D eigenvalue weighted by molar-refractivity contribution is 5.88. The number of aromatic nitrogens is 4. The van der Waals surface area contributed by atoms with Crippen LogP contribution < -0.4 is 16.6 Å². The van der Waals surface area contributed by atoms with Crippen LogP contribution in [0.4, 0.5) is 0 Å². The number of fused-ring (bicyclic) bond motifs is 1. The number of ether oxygens (including phenoxy) is 1. The molecule has 3 aromatic rings. The summed E-state index contributed by atoms with van der Waals surface area (Å²) < 4.78 is 7.87. The van der Waals surface area contributed by atoms with E-state index >= 15 is 0 Å². The fraction of sp³-hybridized carbons (Fsp3) is 0.429. The van der Waals surface area contributed by atoms with Crippen LogP contribution in [0.3, 0.4) is 0 Å². The van der Waals surface area contributed by atoms with Gasteiger partial charge in [0, 0.05) is 40.3 Å². The van der Waals surface area contributed by atoms with Gasteiger partial charge in [0.25, 0.3) is 5.56 Å². The summed E-state index contributed by atoms with van der Waals surface area (Å²) in [6.45, 7) is 1.45. The molecule has 1 saturated heterocycles. The molecule has 9 nitrogen and oxygen atoms in total. The van der Waals surface area contributed by atoms with Gasteiger partial charge >= 0.3 is 5.69 Å². The lowest BCUT2D eigenvalue weighted by Gasteiger charge is -2.36. The Balaban J connectivity index is 1.51. The molecule has 0 bridgehead atoms. The van der Waals surface area contributed by atoms with Crippen LogP contribution in [0.2, 0.25) is 0 Å². The van der Waals surface area contributed by atoms with Crippen molar-refractivity contribution >= 4 is 17.1 Å². The van der Waals surface area contributed by atoms with Crippen LogP contribution in [-0.2, 0) is 35.5 Å². The number of imidazole rings is 1. The topological polar surface area (TPSA) is 111 Å². The molecule has 0 spiro atoms. The monoisotopic (exact) mass is 411 g/mol. The second-order valence-electron chi connectivity index (χ2n) is 7.65. The maximum absolute atomic E-state index is 13.2. The summed E-state index contributed by atoms with van der Waals surface area (Å²) in [5.74, 6) is 0.515. The van der Waals surface area contributed by atoms with Crippen LogP contribution in [0.5, 0.6) is 0 Å². The fourth-order valence-corrected chi connectivity index (χ4v) is 4.08. The van der Waals surface area contributed by atoms with Crippen molar-refractivity contribution in [2.45, 2.75) is 24.7 Å². The minimum Gasteiger partial charge on any atom is -0.381 e. The van der Waals surface area contributed by atoms with Gasteiger partial charge in [-0.2, -0.15) is 0 Å². The van der Waals surface area contributed by atoms with Crippen LogP contribution >= 0.6 is 0 Å². The van der Waals surface area contributed by atoms with E-state index in [1.54, 1.807) is 7.05 Å². The number of carbonyl (C=O) groups is 1. The average molecular weight is 411 g/mol. The molecule has 0 saturated carbocycles. The Morgan fingerprint density at radius 2 is 1.87 bits per heavy atom. The number of amides is 1. The number of benzene rings is 1. The summed E-state index contributed by atoms with van der Waals surface area (Å²) in [5.41, 5.74) is 0.144. The molecule has 1 fully saturated rings. The molecule has 0 aliphatic carbocycles. The van der Waals surface area contributed by atoms with E-state index in [9.17, 15) is 14.4 Å². The van der Waals surface area contributed by atoms with Crippen molar-refractivity contribution < 1.29 is 9.53 Å². The summed E-state index contributed by atoms with van der Waals surface area (Å²) in [5, 5.41) is 3.03. The van der Waals surface area contributed by atoms with Crippen LogP contribution in [0, 0.1) is 0 Å². The van der Waals surface area contributed by atoms with E-state index in [0.29, 0.717) is 50.5 Å². The first-order chi connectivity index (χ1) is 14.4. The standard InChI is InChI=1S/C21H25N5O4/c1-25-17-16(18(27)26(2)20(25)29)23-15(24-17)8-11-22-19(28)21(9-12-30-13-10-21)14-6-4-3-5-7-14/h3-7H,8-13H2,1-2H3,(H,22,28)(H,23,24). The van der Waals surface area contributed by atoms with Gasteiger partial charge < -0.3 is 15.0 Å². The smallest absolute Gasteiger partial charge is 0.332 e. The van der Waals surface area contributed by atoms with Crippen molar-refractivity contribution in [3.05, 3.63) is 62.6 Å². The van der Waals surface area contributed by atoms with E-state index in [4.69, 9.17) is 4.74 Å². The molecule has 1 aliphatic rings. The van der Waals surface area contributed by atoms with Gasteiger partial charge in [-0.25, -0.2) is 9.78 Å². The van der Waals surface area contributed by atoms with Crippen LogP contribution in [0.1, 0.15) is 24.2 Å². The van der Waals surface area contributed by atoms with E-state index < -0.39 is 16.7 Å². The molecule has 30 heavy (non-hydrogen) atoms. The number of hydrogen-bond acceptors (Lipinski definition) is 5. The van der Waals surface area contributed by atoms with Gasteiger partial charge in [0.2, 0.25) is 5.91 Å². The predicted molar refractivity (Wildman–Crippen MR) is 111 cm³/mol. The van der Waals surface area contributed by atoms with Crippen molar-refractivity contribution in [1.29, 1.82) is 0 Å². The highest BCUT2D eigenvalue weighted by Crippen LogP contribution is 2.35. The normalized spacial score (nSPS) is 15.9. The third kappa shape index (κ3) is 3.35. The lowest BCUT2D eigenvalue weighted by molar-refractivity contribution is -0.130. The second kappa shape index (κ2) is 7.91. The van der Waals surface area contributed by atoms with Crippen molar-refractivity contribution in [3.63, 3.8) is 0 Å². The third-order valence-corrected chi connectivity index (χ3v) is 5.90. The first kappa shape index (κ1) is 20.1. The van der Waals surface area contributed by atoms with Gasteiger partial charge in [0.1, 0.15) is 11.3 Å². The Kier molecular flexibility index (Phi) is 5.29. The summed E-state index contributed by atoms with van der Waals surface area (Å²) in [6, 6.07) is 9.80. The van der Waals surface area contributed by atoms with E-state index in [0.717, 1.165) is 10.1 Å². The van der Waals surface area contributed by atoms with Crippen molar-refractivity contribution in [1.82, 2.24) is 24.4 Å². The average Bonchev–Trinajstić information content (AvgIpc) is 3.21. The molecule has 1 amide bonds. The minimum absolute atomic E-state index is 0.0311. The van der Waals surface area contributed by atoms with Gasteiger partial charge in [-0.15, -0.1) is 0 Å². The molecular weight excluding hydrogens is 386 g/mol. The second-order valence-corrected chi connectivity index (χ2v) is 7.65. The minimum atomic E-state index is -0.604. The number of carbonyl (C=O) groups excluding carboxylic acids is 1. The van der Waals surface area contributed by atoms with Gasteiger partial charge in [0.15, 0.2) is 5.65 Å². The van der Waals surface area contributed by atoms with Crippen molar-refractivity contribution in [2.75, 3.05) is 19.8 Å². The molecule has 1 aromatic carbocycles. The molecule has 0 unspecified atom stereocenters. The van der Waals surface area contributed by atoms with Gasteiger partial charge in [-0.05, 0) is 18.4 Å². The highest BCUT2D eigenvalue weighted by atomic mass is 16.5. The van der Waals surface area contributed by atoms with E-state index in [2.05, 4.69) is 15.3 Å². The molecule has 158 valence electrons. The van der Waals surface area contributed by atoms with Crippen LogP contribution in [0.15, 0.2) is 39.9 Å². The molecule has 0 radical (unpaired) electrons. The number of rotatable bonds is 5. The third-order valence-electron chi connectivity index (χ3n) is 5.90. The maximum atomic E-state index is 13.2. The zero-order valence-corrected chi connectivity index (χ0v) is 17.1. The Hall–Kier alpha value is -3.20. The molecular formula is C21H25N5O4. The zero-order chi connectivity index (χ0) is 21.3. The number of aryl methyl sites for hydroxylation is 1. The van der Waals surface area contributed by atoms with Gasteiger partial charge in [-0.3, -0.25) is 18.7 Å². The van der Waals surface area contributed by atoms with E-state index in [1.165, 1.54) is 11.6 Å². The number of hydrogen-bond donors (Lipinski definition) is 2. The van der Waals surface area contributed by atoms with Crippen molar-refractivity contribution in [2.24, 2.45) is 14.1 Å². The SMILES string of the molecule is Cn1c(=O)c2[nH]c(CCNC(=O)C3(c4ccccc4)CCOCC3)nc2n(C)c1=O. The molecule has 4 rings (SSSR count). The van der Waals surface area contributed by atoms with Gasteiger partial charge in [0.05, 0.1) is 5.41 Å². The Morgan fingerprint density at radius 1 is 1.17 bits per heavy atom. The lowest BCUT2D eigenvalue weighted by Crippen LogP contribution is -2.48. The first-order valence-corrected chi connectivity index (χ1v) is 10.0. The number of H-pyrrole nitrogens is 1.